The van der Waals surface area contributed by atoms with Crippen molar-refractivity contribution in [2.75, 3.05) is 20.6 Å². The summed E-state index contributed by atoms with van der Waals surface area (Å²) in [5, 5.41) is 3.47. The molecule has 0 fully saturated rings. The molecule has 1 aromatic rings. The number of aryl methyl sites for hydroxylation is 1. The summed E-state index contributed by atoms with van der Waals surface area (Å²) in [4.78, 5) is 4.97. The van der Waals surface area contributed by atoms with Crippen molar-refractivity contribution >= 4 is 27.3 Å². The van der Waals surface area contributed by atoms with E-state index in [1.807, 2.05) is 11.3 Å². The Kier molecular flexibility index (Phi) is 5.26. The van der Waals surface area contributed by atoms with Crippen LogP contribution in [0.5, 0.6) is 0 Å². The van der Waals surface area contributed by atoms with Gasteiger partial charge in [0.2, 0.25) is 0 Å². The van der Waals surface area contributed by atoms with E-state index >= 15 is 0 Å². The molecule has 0 aliphatic rings. The molecule has 0 spiro atoms. The van der Waals surface area contributed by atoms with E-state index in [-0.39, 0.29) is 0 Å². The lowest BCUT2D eigenvalue weighted by Gasteiger charge is -2.19. The van der Waals surface area contributed by atoms with Gasteiger partial charge in [-0.1, -0.05) is 0 Å². The molecule has 1 unspecified atom stereocenters. The number of hydrogen-bond donors (Lipinski definition) is 1. The maximum Gasteiger partial charge on any atom is 0.0314 e. The summed E-state index contributed by atoms with van der Waals surface area (Å²) in [6.45, 7) is 6.36. The zero-order valence-corrected chi connectivity index (χ0v) is 12.2. The Morgan fingerprint density at radius 3 is 2.67 bits per heavy atom. The van der Waals surface area contributed by atoms with Crippen molar-refractivity contribution in [3.63, 3.8) is 0 Å². The lowest BCUT2D eigenvalue weighted by Crippen LogP contribution is -2.34. The zero-order chi connectivity index (χ0) is 11.4. The number of likely N-dealkylation sites (N-methyl/N-ethyl adjacent to an activating group) is 1. The van der Waals surface area contributed by atoms with Crippen LogP contribution in [0.4, 0.5) is 0 Å². The Labute approximate surface area is 105 Å². The van der Waals surface area contributed by atoms with Crippen LogP contribution < -0.4 is 5.32 Å². The molecule has 0 saturated carbocycles. The molecule has 1 aromatic heterocycles. The third-order valence-electron chi connectivity index (χ3n) is 2.53. The van der Waals surface area contributed by atoms with Crippen LogP contribution in [-0.4, -0.2) is 31.6 Å². The van der Waals surface area contributed by atoms with Crippen molar-refractivity contribution in [3.8, 4) is 0 Å². The molecule has 15 heavy (non-hydrogen) atoms. The molecule has 0 radical (unpaired) electrons. The molecule has 1 rings (SSSR count). The van der Waals surface area contributed by atoms with Crippen LogP contribution >= 0.6 is 27.3 Å². The van der Waals surface area contributed by atoms with Crippen LogP contribution in [0.25, 0.3) is 0 Å². The van der Waals surface area contributed by atoms with E-state index in [9.17, 15) is 0 Å². The molecule has 0 aliphatic carbocycles. The van der Waals surface area contributed by atoms with Gasteiger partial charge in [0.1, 0.15) is 0 Å². The molecule has 0 aliphatic heterocycles. The Morgan fingerprint density at radius 2 is 2.20 bits per heavy atom. The minimum absolute atomic E-state index is 0.578. The minimum Gasteiger partial charge on any atom is -0.310 e. The van der Waals surface area contributed by atoms with E-state index in [1.54, 1.807) is 0 Å². The summed E-state index contributed by atoms with van der Waals surface area (Å²) in [6.07, 6.45) is 0. The number of nitrogens with zero attached hydrogens (tertiary/aromatic N) is 1. The lowest BCUT2D eigenvalue weighted by atomic mass is 10.3. The fraction of sp³-hybridized carbons (Fsp3) is 0.636. The Hall–Kier alpha value is 0.100. The fourth-order valence-electron chi connectivity index (χ4n) is 1.19. The highest BCUT2D eigenvalue weighted by atomic mass is 79.9. The first-order valence-electron chi connectivity index (χ1n) is 5.12. The summed E-state index contributed by atoms with van der Waals surface area (Å²) in [5.74, 6) is 0. The average molecular weight is 291 g/mol. The maximum absolute atomic E-state index is 3.53. The highest BCUT2D eigenvalue weighted by Crippen LogP contribution is 2.25. The molecular formula is C11H19BrN2S. The molecule has 0 saturated heterocycles. The van der Waals surface area contributed by atoms with Crippen LogP contribution in [0.2, 0.25) is 0 Å². The normalized spacial score (nSPS) is 13.5. The van der Waals surface area contributed by atoms with Gasteiger partial charge in [0.25, 0.3) is 0 Å². The topological polar surface area (TPSA) is 15.3 Å². The molecule has 4 heteroatoms. The third kappa shape index (κ3) is 4.23. The second-order valence-corrected chi connectivity index (χ2v) is 6.26. The second-order valence-electron chi connectivity index (χ2n) is 4.06. The first-order valence-corrected chi connectivity index (χ1v) is 6.73. The number of rotatable bonds is 5. The molecular weight excluding hydrogens is 272 g/mol. The third-order valence-corrected chi connectivity index (χ3v) is 4.67. The predicted molar refractivity (Wildman–Crippen MR) is 71.6 cm³/mol. The fourth-order valence-corrected chi connectivity index (χ4v) is 2.76. The summed E-state index contributed by atoms with van der Waals surface area (Å²) in [6, 6.07) is 2.78. The molecule has 0 amide bonds. The van der Waals surface area contributed by atoms with E-state index < -0.39 is 0 Å². The standard InChI is InChI=1S/C11H19BrN2S/c1-8(14(3)4)6-13-7-10-5-11(12)9(2)15-10/h5,8,13H,6-7H2,1-4H3. The van der Waals surface area contributed by atoms with Gasteiger partial charge in [-0.15, -0.1) is 11.3 Å². The van der Waals surface area contributed by atoms with Crippen molar-refractivity contribution in [1.82, 2.24) is 10.2 Å². The smallest absolute Gasteiger partial charge is 0.0314 e. The average Bonchev–Trinajstić information content (AvgIpc) is 2.46. The van der Waals surface area contributed by atoms with E-state index in [0.717, 1.165) is 13.1 Å². The van der Waals surface area contributed by atoms with Crippen LogP contribution in [0.3, 0.4) is 0 Å². The zero-order valence-electron chi connectivity index (χ0n) is 9.80. The van der Waals surface area contributed by atoms with Gasteiger partial charge in [0.15, 0.2) is 0 Å². The number of halogens is 1. The number of nitrogens with one attached hydrogen (secondary N) is 1. The van der Waals surface area contributed by atoms with Crippen LogP contribution in [0.1, 0.15) is 16.7 Å². The van der Waals surface area contributed by atoms with Crippen molar-refractivity contribution < 1.29 is 0 Å². The van der Waals surface area contributed by atoms with E-state index in [4.69, 9.17) is 0 Å². The molecule has 0 aromatic carbocycles. The maximum atomic E-state index is 3.53. The van der Waals surface area contributed by atoms with Crippen molar-refractivity contribution in [2.45, 2.75) is 26.4 Å². The van der Waals surface area contributed by atoms with E-state index in [0.29, 0.717) is 6.04 Å². The quantitative estimate of drug-likeness (QED) is 0.897. The largest absolute Gasteiger partial charge is 0.310 e. The van der Waals surface area contributed by atoms with Gasteiger partial charge < -0.3 is 10.2 Å². The molecule has 86 valence electrons. The molecule has 1 heterocycles. The highest BCUT2D eigenvalue weighted by Gasteiger charge is 2.05. The number of thiophene rings is 1. The lowest BCUT2D eigenvalue weighted by molar-refractivity contribution is 0.303. The van der Waals surface area contributed by atoms with E-state index in [1.165, 1.54) is 14.2 Å². The summed E-state index contributed by atoms with van der Waals surface area (Å²) >= 11 is 5.39. The highest BCUT2D eigenvalue weighted by molar-refractivity contribution is 9.10. The molecule has 0 bridgehead atoms. The number of hydrogen-bond acceptors (Lipinski definition) is 3. The van der Waals surface area contributed by atoms with Crippen LogP contribution in [-0.2, 0) is 6.54 Å². The van der Waals surface area contributed by atoms with Crippen molar-refractivity contribution in [1.29, 1.82) is 0 Å². The first-order chi connectivity index (χ1) is 7.00. The summed E-state index contributed by atoms with van der Waals surface area (Å²) in [7, 11) is 4.22. The van der Waals surface area contributed by atoms with Gasteiger partial charge in [-0.2, -0.15) is 0 Å². The van der Waals surface area contributed by atoms with Crippen molar-refractivity contribution in [3.05, 3.63) is 20.3 Å². The van der Waals surface area contributed by atoms with Gasteiger partial charge in [-0.3, -0.25) is 0 Å². The van der Waals surface area contributed by atoms with E-state index in [2.05, 4.69) is 60.2 Å². The minimum atomic E-state index is 0.578. The molecule has 1 atom stereocenters. The predicted octanol–water partition coefficient (Wildman–Crippen LogP) is 2.86. The Bertz CT molecular complexity index is 290. The molecule has 1 N–H and O–H groups in total. The second kappa shape index (κ2) is 5.99. The van der Waals surface area contributed by atoms with Gasteiger partial charge in [0.05, 0.1) is 0 Å². The Morgan fingerprint density at radius 1 is 1.53 bits per heavy atom. The van der Waals surface area contributed by atoms with Crippen LogP contribution in [0.15, 0.2) is 10.5 Å². The summed E-state index contributed by atoms with van der Waals surface area (Å²) < 4.78 is 1.23. The molecule has 2 nitrogen and oxygen atoms in total. The van der Waals surface area contributed by atoms with Gasteiger partial charge >= 0.3 is 0 Å². The monoisotopic (exact) mass is 290 g/mol. The summed E-state index contributed by atoms with van der Waals surface area (Å²) in [5.41, 5.74) is 0. The Balaban J connectivity index is 2.32. The van der Waals surface area contributed by atoms with Gasteiger partial charge in [-0.05, 0) is 49.9 Å². The van der Waals surface area contributed by atoms with Gasteiger partial charge in [0, 0.05) is 33.4 Å². The van der Waals surface area contributed by atoms with Gasteiger partial charge in [-0.25, -0.2) is 0 Å². The van der Waals surface area contributed by atoms with Crippen molar-refractivity contribution in [2.24, 2.45) is 0 Å². The van der Waals surface area contributed by atoms with Crippen LogP contribution in [0, 0.1) is 6.92 Å². The SMILES string of the molecule is Cc1sc(CNCC(C)N(C)C)cc1Br. The first kappa shape index (κ1) is 13.2.